The van der Waals surface area contributed by atoms with Gasteiger partial charge in [0.2, 0.25) is 11.2 Å². The van der Waals surface area contributed by atoms with E-state index in [1.807, 2.05) is 6.92 Å². The largest absolute Gasteiger partial charge is 0.463 e. The molecule has 1 aliphatic heterocycles. The Bertz CT molecular complexity index is 455. The molecule has 1 saturated heterocycles. The van der Waals surface area contributed by atoms with Gasteiger partial charge in [-0.15, -0.1) is 0 Å². The second kappa shape index (κ2) is 7.25. The second-order valence-corrected chi connectivity index (χ2v) is 6.07. The summed E-state index contributed by atoms with van der Waals surface area (Å²) in [6.07, 6.45) is 5.74. The van der Waals surface area contributed by atoms with E-state index >= 15 is 0 Å². The molecule has 0 aromatic carbocycles. The number of aromatic nitrogens is 3. The average Bonchev–Trinajstić information content (AvgIpc) is 2.52. The van der Waals surface area contributed by atoms with Crippen molar-refractivity contribution in [2.45, 2.75) is 52.9 Å². The van der Waals surface area contributed by atoms with Crippen molar-refractivity contribution in [3.05, 3.63) is 5.28 Å². The molecule has 6 heteroatoms. The van der Waals surface area contributed by atoms with Crippen LogP contribution in [0.1, 0.15) is 52.9 Å². The minimum Gasteiger partial charge on any atom is -0.463 e. The van der Waals surface area contributed by atoms with Crippen LogP contribution in [0, 0.1) is 5.41 Å². The molecule has 0 N–H and O–H groups in total. The summed E-state index contributed by atoms with van der Waals surface area (Å²) in [4.78, 5) is 14.9. The molecule has 1 aromatic rings. The van der Waals surface area contributed by atoms with Gasteiger partial charge in [-0.3, -0.25) is 0 Å². The third-order valence-corrected chi connectivity index (χ3v) is 4.79. The second-order valence-electron chi connectivity index (χ2n) is 5.73. The van der Waals surface area contributed by atoms with Crippen molar-refractivity contribution in [1.82, 2.24) is 15.0 Å². The Balaban J connectivity index is 2.07. The molecule has 118 valence electrons. The number of ether oxygens (including phenoxy) is 1. The van der Waals surface area contributed by atoms with E-state index in [-0.39, 0.29) is 5.28 Å². The van der Waals surface area contributed by atoms with E-state index in [0.717, 1.165) is 19.5 Å². The first kappa shape index (κ1) is 16.3. The molecule has 2 rings (SSSR count). The van der Waals surface area contributed by atoms with Crippen LogP contribution in [0.2, 0.25) is 5.28 Å². The summed E-state index contributed by atoms with van der Waals surface area (Å²) in [5.41, 5.74) is 0.481. The zero-order valence-corrected chi connectivity index (χ0v) is 14.0. The predicted molar refractivity (Wildman–Crippen MR) is 85.1 cm³/mol. The SMILES string of the molecule is CCCOc1nc(Cl)nc(N2CCC(CC)(CC)CC2)n1. The van der Waals surface area contributed by atoms with Crippen molar-refractivity contribution < 1.29 is 4.74 Å². The van der Waals surface area contributed by atoms with Crippen LogP contribution in [0.5, 0.6) is 6.01 Å². The van der Waals surface area contributed by atoms with E-state index in [4.69, 9.17) is 16.3 Å². The Morgan fingerprint density at radius 1 is 1.10 bits per heavy atom. The van der Waals surface area contributed by atoms with Crippen LogP contribution in [-0.2, 0) is 0 Å². The van der Waals surface area contributed by atoms with Gasteiger partial charge in [0.1, 0.15) is 0 Å². The molecule has 2 heterocycles. The van der Waals surface area contributed by atoms with Crippen molar-refractivity contribution in [2.24, 2.45) is 5.41 Å². The Kier molecular flexibility index (Phi) is 5.62. The number of nitrogens with zero attached hydrogens (tertiary/aromatic N) is 4. The first-order valence-corrected chi connectivity index (χ1v) is 8.29. The van der Waals surface area contributed by atoms with Gasteiger partial charge >= 0.3 is 6.01 Å². The van der Waals surface area contributed by atoms with Gasteiger partial charge in [-0.25, -0.2) is 0 Å². The Hall–Kier alpha value is -1.10. The first-order valence-electron chi connectivity index (χ1n) is 7.92. The Morgan fingerprint density at radius 2 is 1.76 bits per heavy atom. The molecule has 0 bridgehead atoms. The van der Waals surface area contributed by atoms with Crippen LogP contribution < -0.4 is 9.64 Å². The van der Waals surface area contributed by atoms with Crippen LogP contribution in [0.4, 0.5) is 5.95 Å². The van der Waals surface area contributed by atoms with Crippen LogP contribution in [0.25, 0.3) is 0 Å². The number of rotatable bonds is 6. The fraction of sp³-hybridized carbons (Fsp3) is 0.800. The van der Waals surface area contributed by atoms with Gasteiger partial charge in [-0.1, -0.05) is 33.6 Å². The summed E-state index contributed by atoms with van der Waals surface area (Å²) in [7, 11) is 0. The predicted octanol–water partition coefficient (Wildman–Crippen LogP) is 3.72. The molecular weight excluding hydrogens is 288 g/mol. The van der Waals surface area contributed by atoms with Gasteiger partial charge < -0.3 is 9.64 Å². The molecule has 0 unspecified atom stereocenters. The average molecular weight is 313 g/mol. The van der Waals surface area contributed by atoms with E-state index in [2.05, 4.69) is 33.7 Å². The van der Waals surface area contributed by atoms with Gasteiger partial charge in [0.25, 0.3) is 0 Å². The number of hydrogen-bond acceptors (Lipinski definition) is 5. The standard InChI is InChI=1S/C15H25ClN4O/c1-4-11-21-14-18-12(16)17-13(19-14)20-9-7-15(5-2,6-3)8-10-20/h4-11H2,1-3H3. The van der Waals surface area contributed by atoms with E-state index in [9.17, 15) is 0 Å². The normalized spacial score (nSPS) is 17.8. The lowest BCUT2D eigenvalue weighted by molar-refractivity contribution is 0.198. The molecule has 0 radical (unpaired) electrons. The minimum absolute atomic E-state index is 0.203. The highest BCUT2D eigenvalue weighted by molar-refractivity contribution is 6.28. The zero-order valence-electron chi connectivity index (χ0n) is 13.2. The highest BCUT2D eigenvalue weighted by Gasteiger charge is 2.32. The first-order chi connectivity index (χ1) is 10.1. The molecule has 1 aromatic heterocycles. The lowest BCUT2D eigenvalue weighted by Crippen LogP contribution is -2.40. The molecule has 5 nitrogen and oxygen atoms in total. The summed E-state index contributed by atoms with van der Waals surface area (Å²) in [6.45, 7) is 9.15. The smallest absolute Gasteiger partial charge is 0.322 e. The third kappa shape index (κ3) is 3.96. The Morgan fingerprint density at radius 3 is 2.33 bits per heavy atom. The van der Waals surface area contributed by atoms with E-state index in [1.165, 1.54) is 25.7 Å². The summed E-state index contributed by atoms with van der Waals surface area (Å²) in [5, 5.41) is 0.203. The highest BCUT2D eigenvalue weighted by Crippen LogP contribution is 2.38. The molecule has 0 atom stereocenters. The number of anilines is 1. The van der Waals surface area contributed by atoms with Crippen LogP contribution in [0.3, 0.4) is 0 Å². The van der Waals surface area contributed by atoms with E-state index in [1.54, 1.807) is 0 Å². The van der Waals surface area contributed by atoms with Crippen molar-refractivity contribution in [3.8, 4) is 6.01 Å². The van der Waals surface area contributed by atoms with Crippen LogP contribution in [-0.4, -0.2) is 34.6 Å². The van der Waals surface area contributed by atoms with Crippen LogP contribution in [0.15, 0.2) is 0 Å². The molecule has 1 fully saturated rings. The monoisotopic (exact) mass is 312 g/mol. The zero-order chi connectivity index (χ0) is 15.3. The molecular formula is C15H25ClN4O. The van der Waals surface area contributed by atoms with Gasteiger partial charge in [0.15, 0.2) is 0 Å². The lowest BCUT2D eigenvalue weighted by Gasteiger charge is -2.40. The lowest BCUT2D eigenvalue weighted by atomic mass is 9.74. The summed E-state index contributed by atoms with van der Waals surface area (Å²) in [6, 6.07) is 0.328. The maximum atomic E-state index is 5.99. The Labute approximate surface area is 132 Å². The number of piperidine rings is 1. The molecule has 21 heavy (non-hydrogen) atoms. The molecule has 1 aliphatic rings. The molecule has 0 aliphatic carbocycles. The minimum atomic E-state index is 0.203. The fourth-order valence-electron chi connectivity index (χ4n) is 2.86. The van der Waals surface area contributed by atoms with Crippen LogP contribution >= 0.6 is 11.6 Å². The third-order valence-electron chi connectivity index (χ3n) is 4.62. The van der Waals surface area contributed by atoms with E-state index in [0.29, 0.717) is 24.0 Å². The maximum Gasteiger partial charge on any atom is 0.322 e. The highest BCUT2D eigenvalue weighted by atomic mass is 35.5. The van der Waals surface area contributed by atoms with Crippen molar-refractivity contribution in [2.75, 3.05) is 24.6 Å². The molecule has 0 spiro atoms. The van der Waals surface area contributed by atoms with Gasteiger partial charge in [0, 0.05) is 13.1 Å². The molecule has 0 amide bonds. The maximum absolute atomic E-state index is 5.99. The quantitative estimate of drug-likeness (QED) is 0.801. The summed E-state index contributed by atoms with van der Waals surface area (Å²) >= 11 is 5.99. The van der Waals surface area contributed by atoms with Crippen molar-refractivity contribution >= 4 is 17.5 Å². The topological polar surface area (TPSA) is 51.1 Å². The van der Waals surface area contributed by atoms with Crippen molar-refractivity contribution in [1.29, 1.82) is 0 Å². The van der Waals surface area contributed by atoms with Crippen molar-refractivity contribution in [3.63, 3.8) is 0 Å². The molecule has 0 saturated carbocycles. The van der Waals surface area contributed by atoms with Gasteiger partial charge in [-0.2, -0.15) is 15.0 Å². The fourth-order valence-corrected chi connectivity index (χ4v) is 3.01. The van der Waals surface area contributed by atoms with E-state index < -0.39 is 0 Å². The van der Waals surface area contributed by atoms with Gasteiger partial charge in [0.05, 0.1) is 6.61 Å². The summed E-state index contributed by atoms with van der Waals surface area (Å²) in [5.74, 6) is 0.641. The number of hydrogen-bond donors (Lipinski definition) is 0. The van der Waals surface area contributed by atoms with Gasteiger partial charge in [-0.05, 0) is 36.3 Å². The summed E-state index contributed by atoms with van der Waals surface area (Å²) < 4.78 is 5.48. The number of halogens is 1.